The van der Waals surface area contributed by atoms with Crippen molar-refractivity contribution in [3.05, 3.63) is 84.3 Å². The predicted molar refractivity (Wildman–Crippen MR) is 96.9 cm³/mol. The Morgan fingerprint density at radius 2 is 1.96 bits per heavy atom. The number of carbonyl (C=O) groups is 1. The van der Waals surface area contributed by atoms with E-state index in [1.807, 2.05) is 18.2 Å². The van der Waals surface area contributed by atoms with Crippen LogP contribution in [0.3, 0.4) is 0 Å². The molecule has 0 spiro atoms. The number of nitrogens with zero attached hydrogens (tertiary/aromatic N) is 2. The Balaban J connectivity index is 1.64. The smallest absolute Gasteiger partial charge is 0.253 e. The molecule has 3 aromatic heterocycles. The number of benzene rings is 1. The monoisotopic (exact) mass is 346 g/mol. The van der Waals surface area contributed by atoms with Gasteiger partial charge in [-0.1, -0.05) is 6.07 Å². The van der Waals surface area contributed by atoms with E-state index in [0.29, 0.717) is 23.2 Å². The molecule has 1 aromatic carbocycles. The maximum Gasteiger partial charge on any atom is 0.253 e. The van der Waals surface area contributed by atoms with Crippen molar-refractivity contribution < 1.29 is 9.18 Å². The number of pyridine rings is 2. The van der Waals surface area contributed by atoms with Gasteiger partial charge in [0.05, 0.1) is 5.56 Å². The topological polar surface area (TPSA) is 70.7 Å². The van der Waals surface area contributed by atoms with Crippen LogP contribution in [0, 0.1) is 5.95 Å². The highest BCUT2D eigenvalue weighted by molar-refractivity contribution is 6.07. The van der Waals surface area contributed by atoms with Crippen LogP contribution in [0.2, 0.25) is 0 Å². The fourth-order valence-corrected chi connectivity index (χ4v) is 2.86. The number of hydrogen-bond acceptors (Lipinski definition) is 3. The third kappa shape index (κ3) is 3.04. The van der Waals surface area contributed by atoms with Crippen molar-refractivity contribution in [2.45, 2.75) is 6.54 Å². The Kier molecular flexibility index (Phi) is 4.15. The number of fused-ring (bicyclic) bond motifs is 1. The molecule has 4 aromatic rings. The number of aromatic nitrogens is 3. The average molecular weight is 346 g/mol. The summed E-state index contributed by atoms with van der Waals surface area (Å²) in [5.41, 5.74) is 3.36. The Bertz CT molecular complexity index is 1080. The number of H-pyrrole nitrogens is 1. The van der Waals surface area contributed by atoms with E-state index < -0.39 is 5.95 Å². The Labute approximate surface area is 148 Å². The van der Waals surface area contributed by atoms with E-state index in [1.54, 1.807) is 42.9 Å². The number of amides is 1. The molecular weight excluding hydrogens is 331 g/mol. The molecule has 0 radical (unpaired) electrons. The fraction of sp³-hybridized carbons (Fsp3) is 0.0500. The van der Waals surface area contributed by atoms with Gasteiger partial charge >= 0.3 is 0 Å². The molecule has 0 aliphatic heterocycles. The first-order chi connectivity index (χ1) is 12.7. The number of nitrogens with one attached hydrogen (secondary N) is 2. The quantitative estimate of drug-likeness (QED) is 0.554. The minimum atomic E-state index is -0.536. The van der Waals surface area contributed by atoms with Crippen molar-refractivity contribution in [3.63, 3.8) is 0 Å². The van der Waals surface area contributed by atoms with Gasteiger partial charge in [0.25, 0.3) is 5.91 Å². The molecular formula is C20H15FN4O. The summed E-state index contributed by atoms with van der Waals surface area (Å²) < 4.78 is 14.0. The summed E-state index contributed by atoms with van der Waals surface area (Å²) in [6.45, 7) is 0.408. The fourth-order valence-electron chi connectivity index (χ4n) is 2.86. The normalized spacial score (nSPS) is 10.8. The van der Waals surface area contributed by atoms with Gasteiger partial charge < -0.3 is 10.3 Å². The summed E-state index contributed by atoms with van der Waals surface area (Å²) in [7, 11) is 0. The minimum Gasteiger partial charge on any atom is -0.360 e. The highest BCUT2D eigenvalue weighted by Crippen LogP contribution is 2.27. The van der Waals surface area contributed by atoms with Crippen LogP contribution in [-0.4, -0.2) is 20.9 Å². The van der Waals surface area contributed by atoms with Crippen molar-refractivity contribution >= 4 is 16.8 Å². The summed E-state index contributed by atoms with van der Waals surface area (Å²) in [5.74, 6) is -0.733. The maximum atomic E-state index is 14.0. The van der Waals surface area contributed by atoms with Crippen molar-refractivity contribution in [2.24, 2.45) is 0 Å². The van der Waals surface area contributed by atoms with Crippen LogP contribution >= 0.6 is 0 Å². The molecule has 6 heteroatoms. The van der Waals surface area contributed by atoms with Gasteiger partial charge in [0, 0.05) is 47.8 Å². The molecule has 0 aliphatic rings. The third-order valence-corrected chi connectivity index (χ3v) is 4.20. The maximum absolute atomic E-state index is 14.0. The van der Waals surface area contributed by atoms with E-state index in [0.717, 1.165) is 16.5 Å². The van der Waals surface area contributed by atoms with E-state index in [-0.39, 0.29) is 5.91 Å². The molecule has 2 N–H and O–H groups in total. The molecule has 0 saturated heterocycles. The van der Waals surface area contributed by atoms with Crippen LogP contribution in [0.25, 0.3) is 22.0 Å². The summed E-state index contributed by atoms with van der Waals surface area (Å²) in [6, 6.07) is 12.5. The Morgan fingerprint density at radius 3 is 2.77 bits per heavy atom. The van der Waals surface area contributed by atoms with E-state index in [2.05, 4.69) is 20.3 Å². The average Bonchev–Trinajstić information content (AvgIpc) is 3.10. The van der Waals surface area contributed by atoms with Crippen LogP contribution < -0.4 is 5.32 Å². The van der Waals surface area contributed by atoms with Crippen molar-refractivity contribution in [1.29, 1.82) is 0 Å². The van der Waals surface area contributed by atoms with E-state index in [4.69, 9.17) is 0 Å². The largest absolute Gasteiger partial charge is 0.360 e. The van der Waals surface area contributed by atoms with Crippen molar-refractivity contribution in [1.82, 2.24) is 20.3 Å². The van der Waals surface area contributed by atoms with Gasteiger partial charge in [0.2, 0.25) is 5.95 Å². The van der Waals surface area contributed by atoms with Gasteiger partial charge in [-0.2, -0.15) is 4.39 Å². The molecule has 4 rings (SSSR count). The van der Waals surface area contributed by atoms with Gasteiger partial charge in [0.15, 0.2) is 0 Å². The second-order valence-corrected chi connectivity index (χ2v) is 5.84. The molecule has 3 heterocycles. The summed E-state index contributed by atoms with van der Waals surface area (Å²) in [4.78, 5) is 23.3. The molecule has 0 fully saturated rings. The first kappa shape index (κ1) is 16.0. The summed E-state index contributed by atoms with van der Waals surface area (Å²) in [5, 5.41) is 3.63. The zero-order chi connectivity index (χ0) is 17.9. The highest BCUT2D eigenvalue weighted by Gasteiger charge is 2.14. The van der Waals surface area contributed by atoms with Gasteiger partial charge in [-0.3, -0.25) is 9.78 Å². The number of carbonyl (C=O) groups excluding carboxylic acids is 1. The predicted octanol–water partition coefficient (Wildman–Crippen LogP) is 3.69. The Morgan fingerprint density at radius 1 is 1.12 bits per heavy atom. The molecule has 0 bridgehead atoms. The second kappa shape index (κ2) is 6.76. The first-order valence-corrected chi connectivity index (χ1v) is 8.11. The van der Waals surface area contributed by atoms with Crippen LogP contribution in [0.4, 0.5) is 4.39 Å². The lowest BCUT2D eigenvalue weighted by Crippen LogP contribution is -2.22. The Hall–Kier alpha value is -3.54. The number of rotatable bonds is 4. The summed E-state index contributed by atoms with van der Waals surface area (Å²) >= 11 is 0. The van der Waals surface area contributed by atoms with Crippen molar-refractivity contribution in [3.8, 4) is 11.1 Å². The zero-order valence-electron chi connectivity index (χ0n) is 13.7. The third-order valence-electron chi connectivity index (χ3n) is 4.20. The molecule has 0 unspecified atom stereocenters. The molecule has 0 saturated carbocycles. The van der Waals surface area contributed by atoms with E-state index >= 15 is 0 Å². The highest BCUT2D eigenvalue weighted by atomic mass is 19.1. The van der Waals surface area contributed by atoms with Crippen molar-refractivity contribution in [2.75, 3.05) is 0 Å². The zero-order valence-corrected chi connectivity index (χ0v) is 13.7. The summed E-state index contributed by atoms with van der Waals surface area (Å²) in [6.07, 6.45) is 6.44. The lowest BCUT2D eigenvalue weighted by Gasteiger charge is -2.06. The SMILES string of the molecule is O=C(NCc1ccncc1)c1c[nH]c2ccc(-c3cccnc3F)cc12. The number of aromatic amines is 1. The van der Waals surface area contributed by atoms with Crippen LogP contribution in [0.15, 0.2) is 67.3 Å². The van der Waals surface area contributed by atoms with Gasteiger partial charge in [-0.15, -0.1) is 0 Å². The second-order valence-electron chi connectivity index (χ2n) is 5.84. The lowest BCUT2D eigenvalue weighted by atomic mass is 10.0. The molecule has 5 nitrogen and oxygen atoms in total. The van der Waals surface area contributed by atoms with Crippen LogP contribution in [0.5, 0.6) is 0 Å². The van der Waals surface area contributed by atoms with E-state index in [9.17, 15) is 9.18 Å². The van der Waals surface area contributed by atoms with Crippen LogP contribution in [0.1, 0.15) is 15.9 Å². The number of halogens is 1. The molecule has 128 valence electrons. The molecule has 26 heavy (non-hydrogen) atoms. The minimum absolute atomic E-state index is 0.197. The van der Waals surface area contributed by atoms with E-state index in [1.165, 1.54) is 6.20 Å². The molecule has 0 atom stereocenters. The van der Waals surface area contributed by atoms with Gasteiger partial charge in [-0.25, -0.2) is 4.98 Å². The number of hydrogen-bond donors (Lipinski definition) is 2. The molecule has 0 aliphatic carbocycles. The van der Waals surface area contributed by atoms with Gasteiger partial charge in [-0.05, 0) is 47.5 Å². The molecule has 1 amide bonds. The van der Waals surface area contributed by atoms with Crippen LogP contribution in [-0.2, 0) is 6.54 Å². The standard InChI is InChI=1S/C20H15FN4O/c21-19-15(2-1-7-23-19)14-3-4-18-16(10-14)17(12-24-18)20(26)25-11-13-5-8-22-9-6-13/h1-10,12,24H,11H2,(H,25,26). The first-order valence-electron chi connectivity index (χ1n) is 8.11. The lowest BCUT2D eigenvalue weighted by molar-refractivity contribution is 0.0952. The van der Waals surface area contributed by atoms with Gasteiger partial charge in [0.1, 0.15) is 0 Å².